The molecule has 0 aliphatic rings. The summed E-state index contributed by atoms with van der Waals surface area (Å²) in [7, 11) is 1.97. The molecule has 1 rings (SSSR count). The summed E-state index contributed by atoms with van der Waals surface area (Å²) in [5.41, 5.74) is 1.23. The smallest absolute Gasteiger partial charge is 0.234 e. The molecule has 0 aliphatic heterocycles. The number of hydrogen-bond acceptors (Lipinski definition) is 2. The van der Waals surface area contributed by atoms with Crippen molar-refractivity contribution in [2.24, 2.45) is 0 Å². The van der Waals surface area contributed by atoms with Gasteiger partial charge in [-0.3, -0.25) is 9.69 Å². The van der Waals surface area contributed by atoms with E-state index in [9.17, 15) is 4.79 Å². The Balaban J connectivity index is 2.54. The monoisotopic (exact) mass is 220 g/mol. The highest BCUT2D eigenvalue weighted by Gasteiger charge is 2.13. The second kappa shape index (κ2) is 6.28. The van der Waals surface area contributed by atoms with E-state index in [2.05, 4.69) is 24.4 Å². The maximum absolute atomic E-state index is 11.4. The van der Waals surface area contributed by atoms with Crippen LogP contribution in [0.3, 0.4) is 0 Å². The Bertz CT molecular complexity index is 324. The Hall–Kier alpha value is -1.35. The third kappa shape index (κ3) is 3.66. The molecule has 0 unspecified atom stereocenters. The molecule has 1 N–H and O–H groups in total. The highest BCUT2D eigenvalue weighted by atomic mass is 16.2. The molecule has 0 aromatic heterocycles. The quantitative estimate of drug-likeness (QED) is 0.821. The van der Waals surface area contributed by atoms with Crippen molar-refractivity contribution in [3.63, 3.8) is 0 Å². The third-order valence-electron chi connectivity index (χ3n) is 2.71. The molecule has 1 amide bonds. The molecule has 0 bridgehead atoms. The molecular formula is C13H20N2O. The molecule has 0 radical (unpaired) electrons. The van der Waals surface area contributed by atoms with Gasteiger partial charge in [-0.1, -0.05) is 30.3 Å². The lowest BCUT2D eigenvalue weighted by molar-refractivity contribution is -0.122. The summed E-state index contributed by atoms with van der Waals surface area (Å²) in [5, 5.41) is 2.80. The van der Waals surface area contributed by atoms with Gasteiger partial charge in [0.25, 0.3) is 0 Å². The van der Waals surface area contributed by atoms with Crippen LogP contribution in [0.15, 0.2) is 30.3 Å². The molecule has 3 nitrogen and oxygen atoms in total. The van der Waals surface area contributed by atoms with E-state index >= 15 is 0 Å². The molecule has 16 heavy (non-hydrogen) atoms. The van der Waals surface area contributed by atoms with Crippen molar-refractivity contribution >= 4 is 5.91 Å². The summed E-state index contributed by atoms with van der Waals surface area (Å²) < 4.78 is 0. The number of carbonyl (C=O) groups is 1. The SMILES string of the molecule is CCNC(=O)CN(C)[C@H](C)c1ccccc1. The van der Waals surface area contributed by atoms with Crippen LogP contribution in [0.4, 0.5) is 0 Å². The fourth-order valence-corrected chi connectivity index (χ4v) is 1.60. The normalized spacial score (nSPS) is 12.5. The number of benzene rings is 1. The molecule has 0 heterocycles. The molecular weight excluding hydrogens is 200 g/mol. The number of hydrogen-bond donors (Lipinski definition) is 1. The van der Waals surface area contributed by atoms with Crippen molar-refractivity contribution < 1.29 is 4.79 Å². The molecule has 1 aromatic carbocycles. The molecule has 3 heteroatoms. The molecule has 88 valence electrons. The average molecular weight is 220 g/mol. The van der Waals surface area contributed by atoms with Crippen molar-refractivity contribution in [3.8, 4) is 0 Å². The predicted molar refractivity (Wildman–Crippen MR) is 66.2 cm³/mol. The second-order valence-corrected chi connectivity index (χ2v) is 3.96. The summed E-state index contributed by atoms with van der Waals surface area (Å²) in [6, 6.07) is 10.5. The van der Waals surface area contributed by atoms with Crippen LogP contribution in [0.5, 0.6) is 0 Å². The highest BCUT2D eigenvalue weighted by molar-refractivity contribution is 5.77. The first-order chi connectivity index (χ1) is 7.65. The van der Waals surface area contributed by atoms with Crippen LogP contribution in [0.2, 0.25) is 0 Å². The van der Waals surface area contributed by atoms with Gasteiger partial charge in [-0.15, -0.1) is 0 Å². The van der Waals surface area contributed by atoms with E-state index < -0.39 is 0 Å². The maximum atomic E-state index is 11.4. The van der Waals surface area contributed by atoms with Crippen LogP contribution in [0, 0.1) is 0 Å². The lowest BCUT2D eigenvalue weighted by Gasteiger charge is -2.24. The van der Waals surface area contributed by atoms with Crippen LogP contribution in [0.25, 0.3) is 0 Å². The fraction of sp³-hybridized carbons (Fsp3) is 0.462. The van der Waals surface area contributed by atoms with E-state index in [-0.39, 0.29) is 11.9 Å². The molecule has 0 saturated carbocycles. The second-order valence-electron chi connectivity index (χ2n) is 3.96. The van der Waals surface area contributed by atoms with Gasteiger partial charge in [-0.05, 0) is 26.5 Å². The minimum atomic E-state index is 0.0766. The Labute approximate surface area is 97.5 Å². The summed E-state index contributed by atoms with van der Waals surface area (Å²) in [4.78, 5) is 13.5. The molecule has 1 atom stereocenters. The van der Waals surface area contributed by atoms with Gasteiger partial charge < -0.3 is 5.32 Å². The zero-order valence-electron chi connectivity index (χ0n) is 10.2. The Morgan fingerprint density at radius 1 is 1.38 bits per heavy atom. The zero-order valence-corrected chi connectivity index (χ0v) is 10.2. The third-order valence-corrected chi connectivity index (χ3v) is 2.71. The van der Waals surface area contributed by atoms with E-state index in [1.54, 1.807) is 0 Å². The first-order valence-electron chi connectivity index (χ1n) is 5.67. The van der Waals surface area contributed by atoms with Crippen LogP contribution < -0.4 is 5.32 Å². The van der Waals surface area contributed by atoms with Gasteiger partial charge in [-0.2, -0.15) is 0 Å². The largest absolute Gasteiger partial charge is 0.355 e. The van der Waals surface area contributed by atoms with E-state index in [1.165, 1.54) is 5.56 Å². The maximum Gasteiger partial charge on any atom is 0.234 e. The number of carbonyl (C=O) groups excluding carboxylic acids is 1. The van der Waals surface area contributed by atoms with E-state index in [0.29, 0.717) is 13.1 Å². The van der Waals surface area contributed by atoms with Crippen LogP contribution in [0.1, 0.15) is 25.5 Å². The van der Waals surface area contributed by atoms with Gasteiger partial charge in [-0.25, -0.2) is 0 Å². The van der Waals surface area contributed by atoms with Gasteiger partial charge in [0.1, 0.15) is 0 Å². The number of nitrogens with one attached hydrogen (secondary N) is 1. The molecule has 0 aliphatic carbocycles. The van der Waals surface area contributed by atoms with Crippen LogP contribution >= 0.6 is 0 Å². The summed E-state index contributed by atoms with van der Waals surface area (Å²) in [5.74, 6) is 0.0766. The number of amides is 1. The minimum Gasteiger partial charge on any atom is -0.355 e. The van der Waals surface area contributed by atoms with Gasteiger partial charge in [0.2, 0.25) is 5.91 Å². The first-order valence-corrected chi connectivity index (χ1v) is 5.67. The van der Waals surface area contributed by atoms with Crippen molar-refractivity contribution in [2.75, 3.05) is 20.1 Å². The van der Waals surface area contributed by atoms with E-state index in [1.807, 2.05) is 37.1 Å². The zero-order chi connectivity index (χ0) is 12.0. The lowest BCUT2D eigenvalue weighted by atomic mass is 10.1. The standard InChI is InChI=1S/C13H20N2O/c1-4-14-13(16)10-15(3)11(2)12-8-6-5-7-9-12/h5-9,11H,4,10H2,1-3H3,(H,14,16)/t11-/m1/s1. The Morgan fingerprint density at radius 3 is 2.56 bits per heavy atom. The van der Waals surface area contributed by atoms with Crippen LogP contribution in [-0.2, 0) is 4.79 Å². The van der Waals surface area contributed by atoms with Crippen molar-refractivity contribution in [3.05, 3.63) is 35.9 Å². The number of rotatable bonds is 5. The molecule has 1 aromatic rings. The predicted octanol–water partition coefficient (Wildman–Crippen LogP) is 1.82. The van der Waals surface area contributed by atoms with Crippen molar-refractivity contribution in [1.82, 2.24) is 10.2 Å². The highest BCUT2D eigenvalue weighted by Crippen LogP contribution is 2.17. The molecule has 0 fully saturated rings. The lowest BCUT2D eigenvalue weighted by Crippen LogP contribution is -2.36. The van der Waals surface area contributed by atoms with E-state index in [0.717, 1.165) is 0 Å². The average Bonchev–Trinajstić information content (AvgIpc) is 2.29. The van der Waals surface area contributed by atoms with Gasteiger partial charge in [0.15, 0.2) is 0 Å². The Morgan fingerprint density at radius 2 is 2.00 bits per heavy atom. The Kier molecular flexibility index (Phi) is 4.99. The summed E-state index contributed by atoms with van der Waals surface area (Å²) in [6.07, 6.45) is 0. The summed E-state index contributed by atoms with van der Waals surface area (Å²) >= 11 is 0. The van der Waals surface area contributed by atoms with Gasteiger partial charge in [0, 0.05) is 12.6 Å². The number of nitrogens with zero attached hydrogens (tertiary/aromatic N) is 1. The van der Waals surface area contributed by atoms with Crippen molar-refractivity contribution in [1.29, 1.82) is 0 Å². The fourth-order valence-electron chi connectivity index (χ4n) is 1.60. The van der Waals surface area contributed by atoms with Gasteiger partial charge >= 0.3 is 0 Å². The number of likely N-dealkylation sites (N-methyl/N-ethyl adjacent to an activating group) is 2. The topological polar surface area (TPSA) is 32.3 Å². The minimum absolute atomic E-state index is 0.0766. The van der Waals surface area contributed by atoms with Crippen LogP contribution in [-0.4, -0.2) is 30.9 Å². The first kappa shape index (κ1) is 12.7. The van der Waals surface area contributed by atoms with Crippen molar-refractivity contribution in [2.45, 2.75) is 19.9 Å². The van der Waals surface area contributed by atoms with Gasteiger partial charge in [0.05, 0.1) is 6.54 Å². The molecule has 0 spiro atoms. The summed E-state index contributed by atoms with van der Waals surface area (Å²) in [6.45, 7) is 5.16. The molecule has 0 saturated heterocycles. The van der Waals surface area contributed by atoms with E-state index in [4.69, 9.17) is 0 Å².